The Kier molecular flexibility index (Phi) is 4.78. The van der Waals surface area contributed by atoms with Crippen molar-refractivity contribution in [3.63, 3.8) is 0 Å². The highest BCUT2D eigenvalue weighted by Gasteiger charge is 2.43. The molecule has 0 atom stereocenters. The third-order valence-corrected chi connectivity index (χ3v) is 5.89. The van der Waals surface area contributed by atoms with Gasteiger partial charge in [-0.2, -0.15) is 0 Å². The number of nitro groups is 1. The van der Waals surface area contributed by atoms with Crippen LogP contribution >= 0.6 is 11.6 Å². The number of carbonyl (C=O) groups is 2. The van der Waals surface area contributed by atoms with Crippen molar-refractivity contribution in [1.29, 1.82) is 0 Å². The second-order valence-corrected chi connectivity index (χ2v) is 8.01. The van der Waals surface area contributed by atoms with Crippen molar-refractivity contribution in [2.45, 2.75) is 31.8 Å². The van der Waals surface area contributed by atoms with Crippen molar-refractivity contribution in [2.24, 2.45) is 0 Å². The monoisotopic (exact) mass is 414 g/mol. The molecule has 0 bridgehead atoms. The van der Waals surface area contributed by atoms with Gasteiger partial charge < -0.3 is 9.64 Å². The van der Waals surface area contributed by atoms with Crippen LogP contribution in [0.3, 0.4) is 0 Å². The van der Waals surface area contributed by atoms with E-state index >= 15 is 0 Å². The number of hydrogen-bond acceptors (Lipinski definition) is 5. The molecule has 2 aromatic rings. The second-order valence-electron chi connectivity index (χ2n) is 7.58. The summed E-state index contributed by atoms with van der Waals surface area (Å²) in [5, 5.41) is 11.5. The summed E-state index contributed by atoms with van der Waals surface area (Å²) in [6, 6.07) is 9.43. The van der Waals surface area contributed by atoms with Crippen molar-refractivity contribution >= 4 is 29.0 Å². The largest absolute Gasteiger partial charge is 0.486 e. The number of halogens is 1. The Morgan fingerprint density at radius 3 is 2.59 bits per heavy atom. The number of piperidine rings is 1. The van der Waals surface area contributed by atoms with E-state index in [1.54, 1.807) is 36.1 Å². The fourth-order valence-electron chi connectivity index (χ4n) is 4.04. The van der Waals surface area contributed by atoms with Crippen molar-refractivity contribution < 1.29 is 19.2 Å². The smallest absolute Gasteiger partial charge is 0.272 e. The number of fused-ring (bicyclic) bond motifs is 1. The third-order valence-electron chi connectivity index (χ3n) is 5.65. The standard InChI is InChI=1S/C21H19ClN2O5/c1-13-10-14(2-4-17(13)24(27)28)20(26)23-8-6-21(7-9-23)12-18(25)16-11-15(22)3-5-19(16)29-21/h2-5,10-11H,6-9,12H2,1H3. The zero-order chi connectivity index (χ0) is 20.8. The topological polar surface area (TPSA) is 89.8 Å². The maximum atomic E-state index is 12.8. The molecule has 4 rings (SSSR count). The maximum Gasteiger partial charge on any atom is 0.272 e. The molecule has 0 unspecified atom stereocenters. The highest BCUT2D eigenvalue weighted by Crippen LogP contribution is 2.40. The molecule has 150 valence electrons. The Balaban J connectivity index is 1.48. The number of rotatable bonds is 2. The summed E-state index contributed by atoms with van der Waals surface area (Å²) in [6.07, 6.45) is 1.34. The van der Waals surface area contributed by atoms with Crippen LogP contribution in [-0.2, 0) is 0 Å². The van der Waals surface area contributed by atoms with E-state index in [1.165, 1.54) is 12.1 Å². The summed E-state index contributed by atoms with van der Waals surface area (Å²) in [6.45, 7) is 2.52. The van der Waals surface area contributed by atoms with E-state index < -0.39 is 10.5 Å². The Labute approximate surface area is 172 Å². The van der Waals surface area contributed by atoms with Crippen LogP contribution in [0.2, 0.25) is 5.02 Å². The lowest BCUT2D eigenvalue weighted by molar-refractivity contribution is -0.385. The Morgan fingerprint density at radius 1 is 1.21 bits per heavy atom. The minimum atomic E-state index is -0.611. The number of hydrogen-bond donors (Lipinski definition) is 0. The van der Waals surface area contributed by atoms with E-state index in [2.05, 4.69) is 0 Å². The highest BCUT2D eigenvalue weighted by atomic mass is 35.5. The number of carbonyl (C=O) groups excluding carboxylic acids is 2. The lowest BCUT2D eigenvalue weighted by Crippen LogP contribution is -2.52. The number of nitrogens with zero attached hydrogens (tertiary/aromatic N) is 2. The van der Waals surface area contributed by atoms with Gasteiger partial charge in [-0.3, -0.25) is 19.7 Å². The van der Waals surface area contributed by atoms with Crippen LogP contribution in [-0.4, -0.2) is 40.2 Å². The van der Waals surface area contributed by atoms with Crippen LogP contribution in [0.15, 0.2) is 36.4 Å². The van der Waals surface area contributed by atoms with Gasteiger partial charge in [0.25, 0.3) is 11.6 Å². The molecule has 0 saturated carbocycles. The zero-order valence-corrected chi connectivity index (χ0v) is 16.6. The van der Waals surface area contributed by atoms with Gasteiger partial charge in [-0.1, -0.05) is 11.6 Å². The van der Waals surface area contributed by atoms with E-state index in [-0.39, 0.29) is 23.8 Å². The van der Waals surface area contributed by atoms with Crippen LogP contribution in [0.4, 0.5) is 5.69 Å². The summed E-state index contributed by atoms with van der Waals surface area (Å²) in [5.74, 6) is 0.364. The molecule has 1 amide bonds. The summed E-state index contributed by atoms with van der Waals surface area (Å²) < 4.78 is 6.19. The average Bonchev–Trinajstić information content (AvgIpc) is 2.68. The molecule has 0 N–H and O–H groups in total. The third kappa shape index (κ3) is 3.58. The number of likely N-dealkylation sites (tertiary alicyclic amines) is 1. The van der Waals surface area contributed by atoms with Crippen molar-refractivity contribution in [3.8, 4) is 5.75 Å². The molecule has 0 aromatic heterocycles. The molecule has 0 aliphatic carbocycles. The van der Waals surface area contributed by atoms with Gasteiger partial charge in [0.15, 0.2) is 5.78 Å². The lowest BCUT2D eigenvalue weighted by atomic mass is 9.82. The minimum Gasteiger partial charge on any atom is -0.486 e. The first-order valence-corrected chi connectivity index (χ1v) is 9.72. The molecular formula is C21H19ClN2O5. The zero-order valence-electron chi connectivity index (χ0n) is 15.8. The first kappa shape index (κ1) is 19.4. The van der Waals surface area contributed by atoms with Crippen LogP contribution in [0.1, 0.15) is 45.5 Å². The predicted molar refractivity (Wildman–Crippen MR) is 107 cm³/mol. The van der Waals surface area contributed by atoms with Crippen LogP contribution in [0.25, 0.3) is 0 Å². The summed E-state index contributed by atoms with van der Waals surface area (Å²) >= 11 is 5.98. The maximum absolute atomic E-state index is 12.8. The van der Waals surface area contributed by atoms with E-state index in [0.29, 0.717) is 53.4 Å². The molecule has 7 nitrogen and oxygen atoms in total. The Bertz CT molecular complexity index is 1030. The molecule has 2 aliphatic heterocycles. The molecule has 1 saturated heterocycles. The molecule has 29 heavy (non-hydrogen) atoms. The average molecular weight is 415 g/mol. The van der Waals surface area contributed by atoms with Crippen LogP contribution < -0.4 is 4.74 Å². The van der Waals surface area contributed by atoms with E-state index in [1.807, 2.05) is 0 Å². The van der Waals surface area contributed by atoms with E-state index in [0.717, 1.165) is 0 Å². The van der Waals surface area contributed by atoms with Crippen molar-refractivity contribution in [1.82, 2.24) is 4.90 Å². The van der Waals surface area contributed by atoms with Crippen LogP contribution in [0.5, 0.6) is 5.75 Å². The quantitative estimate of drug-likeness (QED) is 0.542. The van der Waals surface area contributed by atoms with Gasteiger partial charge >= 0.3 is 0 Å². The Hall–Kier alpha value is -2.93. The summed E-state index contributed by atoms with van der Waals surface area (Å²) in [7, 11) is 0. The molecule has 1 fully saturated rings. The number of ether oxygens (including phenoxy) is 1. The fourth-order valence-corrected chi connectivity index (χ4v) is 4.21. The number of nitro benzene ring substituents is 1. The first-order chi connectivity index (χ1) is 13.8. The second kappa shape index (κ2) is 7.15. The van der Waals surface area contributed by atoms with E-state index in [9.17, 15) is 19.7 Å². The normalized spacial score (nSPS) is 17.6. The molecule has 0 radical (unpaired) electrons. The van der Waals surface area contributed by atoms with Crippen molar-refractivity contribution in [3.05, 3.63) is 68.2 Å². The van der Waals surface area contributed by atoms with Gasteiger partial charge in [0.05, 0.1) is 16.9 Å². The van der Waals surface area contributed by atoms with Gasteiger partial charge in [-0.25, -0.2) is 0 Å². The van der Waals surface area contributed by atoms with Crippen LogP contribution in [0, 0.1) is 17.0 Å². The number of aryl methyl sites for hydroxylation is 1. The number of benzene rings is 2. The van der Waals surface area contributed by atoms with Gasteiger partial charge in [0.1, 0.15) is 11.4 Å². The SMILES string of the molecule is Cc1cc(C(=O)N2CCC3(CC2)CC(=O)c2cc(Cl)ccc2O3)ccc1[N+](=O)[O-]. The summed E-state index contributed by atoms with van der Waals surface area (Å²) in [5.41, 5.74) is 0.755. The first-order valence-electron chi connectivity index (χ1n) is 9.34. The lowest BCUT2D eigenvalue weighted by Gasteiger charge is -2.44. The minimum absolute atomic E-state index is 0.000444. The number of Topliss-reactive ketones (excluding diaryl/α,β-unsaturated/α-hetero) is 1. The van der Waals surface area contributed by atoms with Crippen molar-refractivity contribution in [2.75, 3.05) is 13.1 Å². The predicted octanol–water partition coefficient (Wildman–Crippen LogP) is 4.20. The molecule has 2 heterocycles. The van der Waals surface area contributed by atoms with E-state index in [4.69, 9.17) is 16.3 Å². The molecule has 2 aliphatic rings. The highest BCUT2D eigenvalue weighted by molar-refractivity contribution is 6.31. The molecule has 2 aromatic carbocycles. The summed E-state index contributed by atoms with van der Waals surface area (Å²) in [4.78, 5) is 37.7. The van der Waals surface area contributed by atoms with Gasteiger partial charge in [0, 0.05) is 48.1 Å². The number of amides is 1. The number of ketones is 1. The van der Waals surface area contributed by atoms with Gasteiger partial charge in [-0.15, -0.1) is 0 Å². The molecule has 8 heteroatoms. The van der Waals surface area contributed by atoms with Gasteiger partial charge in [-0.05, 0) is 37.3 Å². The Morgan fingerprint density at radius 2 is 1.93 bits per heavy atom. The molecule has 1 spiro atoms. The molecular weight excluding hydrogens is 396 g/mol. The van der Waals surface area contributed by atoms with Gasteiger partial charge in [0.2, 0.25) is 0 Å². The fraction of sp³-hybridized carbons (Fsp3) is 0.333.